The fraction of sp³-hybridized carbons (Fsp3) is 0.273. The summed E-state index contributed by atoms with van der Waals surface area (Å²) in [6.45, 7) is 1.64. The van der Waals surface area contributed by atoms with Crippen molar-refractivity contribution in [1.82, 2.24) is 4.90 Å². The molecule has 0 saturated carbocycles. The molecule has 18 heavy (non-hydrogen) atoms. The highest BCUT2D eigenvalue weighted by Gasteiger charge is 2.22. The van der Waals surface area contributed by atoms with E-state index >= 15 is 0 Å². The summed E-state index contributed by atoms with van der Waals surface area (Å²) in [6, 6.07) is 4.04. The Bertz CT molecular complexity index is 491. The molecule has 0 saturated heterocycles. The van der Waals surface area contributed by atoms with Gasteiger partial charge in [0, 0.05) is 12.1 Å². The van der Waals surface area contributed by atoms with Gasteiger partial charge in [-0.15, -0.1) is 0 Å². The molecular formula is C11H13Cl2N3O2. The lowest BCUT2D eigenvalue weighted by molar-refractivity contribution is 0.0776. The van der Waals surface area contributed by atoms with E-state index in [1.54, 1.807) is 13.0 Å². The van der Waals surface area contributed by atoms with Crippen LogP contribution in [0.2, 0.25) is 10.0 Å². The summed E-state index contributed by atoms with van der Waals surface area (Å²) in [5.74, 6) is -0.397. The van der Waals surface area contributed by atoms with Gasteiger partial charge < -0.3 is 15.8 Å². The van der Waals surface area contributed by atoms with Gasteiger partial charge in [0.05, 0.1) is 16.6 Å². The molecule has 98 valence electrons. The van der Waals surface area contributed by atoms with E-state index in [1.807, 2.05) is 0 Å². The molecule has 1 aromatic carbocycles. The van der Waals surface area contributed by atoms with Crippen LogP contribution in [-0.2, 0) is 0 Å². The summed E-state index contributed by atoms with van der Waals surface area (Å²) in [4.78, 5) is 13.5. The number of likely N-dealkylation sites (N-methyl/N-ethyl adjacent to an activating group) is 1. The number of hydrogen-bond donors (Lipinski definition) is 2. The van der Waals surface area contributed by atoms with Crippen molar-refractivity contribution < 1.29 is 10.0 Å². The van der Waals surface area contributed by atoms with Crippen LogP contribution in [0.1, 0.15) is 17.3 Å². The molecule has 0 fully saturated rings. The fourth-order valence-corrected chi connectivity index (χ4v) is 1.80. The number of oxime groups is 1. The van der Waals surface area contributed by atoms with Crippen LogP contribution in [0.15, 0.2) is 23.4 Å². The predicted molar refractivity (Wildman–Crippen MR) is 71.4 cm³/mol. The van der Waals surface area contributed by atoms with Crippen molar-refractivity contribution in [2.75, 3.05) is 7.05 Å². The Morgan fingerprint density at radius 1 is 1.50 bits per heavy atom. The number of rotatable bonds is 3. The molecule has 0 bridgehead atoms. The lowest BCUT2D eigenvalue weighted by atomic mass is 10.1. The van der Waals surface area contributed by atoms with E-state index in [-0.39, 0.29) is 16.8 Å². The van der Waals surface area contributed by atoms with Gasteiger partial charge in [-0.3, -0.25) is 4.79 Å². The Balaban J connectivity index is 3.00. The summed E-state index contributed by atoms with van der Waals surface area (Å²) in [5.41, 5.74) is 5.75. The van der Waals surface area contributed by atoms with Crippen molar-refractivity contribution in [3.63, 3.8) is 0 Å². The molecule has 0 aromatic heterocycles. The molecule has 1 aromatic rings. The van der Waals surface area contributed by atoms with Crippen molar-refractivity contribution >= 4 is 34.9 Å². The van der Waals surface area contributed by atoms with E-state index in [0.29, 0.717) is 10.6 Å². The zero-order valence-corrected chi connectivity index (χ0v) is 11.4. The highest BCUT2D eigenvalue weighted by atomic mass is 35.5. The van der Waals surface area contributed by atoms with Crippen LogP contribution in [-0.4, -0.2) is 34.9 Å². The topological polar surface area (TPSA) is 78.9 Å². The van der Waals surface area contributed by atoms with E-state index in [0.717, 1.165) is 0 Å². The molecule has 1 atom stereocenters. The average Bonchev–Trinajstić information content (AvgIpc) is 2.35. The number of hydrogen-bond acceptors (Lipinski definition) is 3. The van der Waals surface area contributed by atoms with Crippen molar-refractivity contribution in [3.05, 3.63) is 33.8 Å². The zero-order valence-electron chi connectivity index (χ0n) is 9.89. The molecule has 0 aliphatic heterocycles. The number of carbonyl (C=O) groups is 1. The lowest BCUT2D eigenvalue weighted by Crippen LogP contribution is -2.43. The highest BCUT2D eigenvalue weighted by molar-refractivity contribution is 6.36. The second-order valence-electron chi connectivity index (χ2n) is 3.74. The summed E-state index contributed by atoms with van der Waals surface area (Å²) in [6.07, 6.45) is 0. The van der Waals surface area contributed by atoms with Crippen molar-refractivity contribution in [1.29, 1.82) is 0 Å². The summed E-state index contributed by atoms with van der Waals surface area (Å²) in [7, 11) is 1.54. The number of nitrogens with two attached hydrogens (primary N) is 1. The van der Waals surface area contributed by atoms with Gasteiger partial charge in [-0.25, -0.2) is 0 Å². The Morgan fingerprint density at radius 3 is 2.61 bits per heavy atom. The third kappa shape index (κ3) is 3.05. The second-order valence-corrected chi connectivity index (χ2v) is 4.58. The summed E-state index contributed by atoms with van der Waals surface area (Å²) < 4.78 is 0. The number of amidine groups is 1. The van der Waals surface area contributed by atoms with Gasteiger partial charge in [0.1, 0.15) is 0 Å². The minimum Gasteiger partial charge on any atom is -0.409 e. The maximum atomic E-state index is 12.1. The van der Waals surface area contributed by atoms with Gasteiger partial charge in [0.2, 0.25) is 0 Å². The van der Waals surface area contributed by atoms with Crippen LogP contribution in [0.5, 0.6) is 0 Å². The monoisotopic (exact) mass is 289 g/mol. The van der Waals surface area contributed by atoms with E-state index < -0.39 is 6.04 Å². The first kappa shape index (κ1) is 14.6. The van der Waals surface area contributed by atoms with E-state index in [4.69, 9.17) is 34.1 Å². The highest BCUT2D eigenvalue weighted by Crippen LogP contribution is 2.22. The normalized spacial score (nSPS) is 13.2. The first-order chi connectivity index (χ1) is 8.38. The van der Waals surface area contributed by atoms with E-state index in [9.17, 15) is 4.79 Å². The molecule has 1 unspecified atom stereocenters. The van der Waals surface area contributed by atoms with Gasteiger partial charge in [0.15, 0.2) is 5.84 Å². The number of carbonyl (C=O) groups excluding carboxylic acids is 1. The SMILES string of the molecule is CC(C(N)=NO)N(C)C(=O)c1ccc(Cl)cc1Cl. The molecule has 3 N–H and O–H groups in total. The van der Waals surface area contributed by atoms with Crippen molar-refractivity contribution in [3.8, 4) is 0 Å². The zero-order chi connectivity index (χ0) is 13.9. The standard InChI is InChI=1S/C11H13Cl2N3O2/c1-6(10(14)15-18)16(2)11(17)8-4-3-7(12)5-9(8)13/h3-6,18H,1-2H3,(H2,14,15). The molecule has 1 amide bonds. The van der Waals surface area contributed by atoms with Gasteiger partial charge in [-0.2, -0.15) is 0 Å². The third-order valence-electron chi connectivity index (χ3n) is 2.61. The quantitative estimate of drug-likeness (QED) is 0.387. The molecule has 5 nitrogen and oxygen atoms in total. The summed E-state index contributed by atoms with van der Waals surface area (Å²) in [5, 5.41) is 12.2. The Kier molecular flexibility index (Phi) is 4.81. The second kappa shape index (κ2) is 5.93. The number of nitrogens with zero attached hydrogens (tertiary/aromatic N) is 2. The number of halogens is 2. The molecule has 0 spiro atoms. The molecule has 7 heteroatoms. The maximum absolute atomic E-state index is 12.1. The van der Waals surface area contributed by atoms with Crippen LogP contribution >= 0.6 is 23.2 Å². The van der Waals surface area contributed by atoms with Crippen LogP contribution in [0, 0.1) is 0 Å². The van der Waals surface area contributed by atoms with Crippen LogP contribution < -0.4 is 5.73 Å². The van der Waals surface area contributed by atoms with E-state index in [2.05, 4.69) is 5.16 Å². The number of amides is 1. The molecule has 0 radical (unpaired) electrons. The maximum Gasteiger partial charge on any atom is 0.255 e. The fourth-order valence-electron chi connectivity index (χ4n) is 1.31. The van der Waals surface area contributed by atoms with Crippen LogP contribution in [0.4, 0.5) is 0 Å². The average molecular weight is 290 g/mol. The Morgan fingerprint density at radius 2 is 2.11 bits per heavy atom. The Labute approximate surface area is 115 Å². The Hall–Kier alpha value is -1.46. The lowest BCUT2D eigenvalue weighted by Gasteiger charge is -2.24. The number of benzene rings is 1. The predicted octanol–water partition coefficient (Wildman–Crippen LogP) is 2.20. The minimum atomic E-state index is -0.547. The molecule has 1 rings (SSSR count). The molecule has 0 aliphatic carbocycles. The van der Waals surface area contributed by atoms with Crippen LogP contribution in [0.3, 0.4) is 0 Å². The van der Waals surface area contributed by atoms with Gasteiger partial charge in [-0.1, -0.05) is 28.4 Å². The molecular weight excluding hydrogens is 277 g/mol. The van der Waals surface area contributed by atoms with Gasteiger partial charge in [-0.05, 0) is 25.1 Å². The molecule has 0 heterocycles. The summed E-state index contributed by atoms with van der Waals surface area (Å²) >= 11 is 11.7. The van der Waals surface area contributed by atoms with Crippen molar-refractivity contribution in [2.24, 2.45) is 10.9 Å². The smallest absolute Gasteiger partial charge is 0.255 e. The van der Waals surface area contributed by atoms with Crippen LogP contribution in [0.25, 0.3) is 0 Å². The third-order valence-corrected chi connectivity index (χ3v) is 3.15. The van der Waals surface area contributed by atoms with Gasteiger partial charge in [0.25, 0.3) is 5.91 Å². The first-order valence-electron chi connectivity index (χ1n) is 5.08. The first-order valence-corrected chi connectivity index (χ1v) is 5.83. The minimum absolute atomic E-state index is 0.0593. The van der Waals surface area contributed by atoms with E-state index in [1.165, 1.54) is 24.1 Å². The van der Waals surface area contributed by atoms with Gasteiger partial charge >= 0.3 is 0 Å². The molecule has 0 aliphatic rings. The largest absolute Gasteiger partial charge is 0.409 e. The van der Waals surface area contributed by atoms with Crippen molar-refractivity contribution in [2.45, 2.75) is 13.0 Å².